The first-order valence-corrected chi connectivity index (χ1v) is 6.38. The van der Waals surface area contributed by atoms with Crippen LogP contribution in [0.2, 0.25) is 0 Å². The van der Waals surface area contributed by atoms with Crippen molar-refractivity contribution in [3.63, 3.8) is 0 Å². The average Bonchev–Trinajstić information content (AvgIpc) is 2.66. The van der Waals surface area contributed by atoms with Crippen LogP contribution in [0.4, 0.5) is 0 Å². The summed E-state index contributed by atoms with van der Waals surface area (Å²) in [4.78, 5) is 4.69. The molecule has 18 heavy (non-hydrogen) atoms. The van der Waals surface area contributed by atoms with Crippen LogP contribution >= 0.6 is 0 Å². The molecule has 1 heterocycles. The van der Waals surface area contributed by atoms with E-state index in [-0.39, 0.29) is 0 Å². The molecule has 0 aliphatic rings. The SMILES string of the molecule is CCNC(C)Cc1nc2cc(OC)ccc2n1C. The molecule has 0 spiro atoms. The van der Waals surface area contributed by atoms with Crippen LogP contribution < -0.4 is 10.1 Å². The first kappa shape index (κ1) is 12.9. The lowest BCUT2D eigenvalue weighted by molar-refractivity contribution is 0.415. The summed E-state index contributed by atoms with van der Waals surface area (Å²) in [6.07, 6.45) is 0.932. The molecule has 1 aromatic heterocycles. The Morgan fingerprint density at radius 2 is 2.22 bits per heavy atom. The average molecular weight is 247 g/mol. The Morgan fingerprint density at radius 3 is 2.89 bits per heavy atom. The molecule has 2 rings (SSSR count). The summed E-state index contributed by atoms with van der Waals surface area (Å²) in [6, 6.07) is 6.45. The lowest BCUT2D eigenvalue weighted by atomic mass is 10.2. The number of imidazole rings is 1. The second-order valence-electron chi connectivity index (χ2n) is 4.60. The number of likely N-dealkylation sites (N-methyl/N-ethyl adjacent to an activating group) is 1. The number of methoxy groups -OCH3 is 1. The summed E-state index contributed by atoms with van der Waals surface area (Å²) in [5, 5.41) is 3.41. The van der Waals surface area contributed by atoms with Crippen molar-refractivity contribution in [2.45, 2.75) is 26.3 Å². The van der Waals surface area contributed by atoms with E-state index in [1.165, 1.54) is 0 Å². The second kappa shape index (κ2) is 5.40. The fourth-order valence-electron chi connectivity index (χ4n) is 2.23. The molecule has 0 saturated carbocycles. The largest absolute Gasteiger partial charge is 0.497 e. The molecule has 0 amide bonds. The van der Waals surface area contributed by atoms with Gasteiger partial charge in [-0.1, -0.05) is 6.92 Å². The maximum Gasteiger partial charge on any atom is 0.121 e. The van der Waals surface area contributed by atoms with Crippen molar-refractivity contribution < 1.29 is 4.74 Å². The lowest BCUT2D eigenvalue weighted by Crippen LogP contribution is -2.28. The molecule has 1 N–H and O–H groups in total. The maximum absolute atomic E-state index is 5.23. The van der Waals surface area contributed by atoms with E-state index in [1.807, 2.05) is 12.1 Å². The number of ether oxygens (including phenoxy) is 1. The van der Waals surface area contributed by atoms with Gasteiger partial charge in [-0.3, -0.25) is 0 Å². The number of hydrogen-bond donors (Lipinski definition) is 1. The predicted molar refractivity (Wildman–Crippen MR) is 74.1 cm³/mol. The monoisotopic (exact) mass is 247 g/mol. The van der Waals surface area contributed by atoms with Crippen LogP contribution in [-0.4, -0.2) is 29.2 Å². The van der Waals surface area contributed by atoms with Crippen LogP contribution in [0.5, 0.6) is 5.75 Å². The molecule has 2 aromatic rings. The highest BCUT2D eigenvalue weighted by atomic mass is 16.5. The van der Waals surface area contributed by atoms with Crippen LogP contribution in [-0.2, 0) is 13.5 Å². The van der Waals surface area contributed by atoms with E-state index in [1.54, 1.807) is 7.11 Å². The fraction of sp³-hybridized carbons (Fsp3) is 0.500. The number of rotatable bonds is 5. The van der Waals surface area contributed by atoms with Gasteiger partial charge in [-0.2, -0.15) is 0 Å². The Morgan fingerprint density at radius 1 is 1.44 bits per heavy atom. The molecule has 0 fully saturated rings. The van der Waals surface area contributed by atoms with Gasteiger partial charge in [-0.15, -0.1) is 0 Å². The predicted octanol–water partition coefficient (Wildman–Crippen LogP) is 2.12. The Hall–Kier alpha value is -1.55. The molecule has 4 nitrogen and oxygen atoms in total. The van der Waals surface area contributed by atoms with Crippen LogP contribution in [0, 0.1) is 0 Å². The van der Waals surface area contributed by atoms with Gasteiger partial charge in [0.05, 0.1) is 18.1 Å². The molecule has 0 bridgehead atoms. The minimum Gasteiger partial charge on any atom is -0.497 e. The summed E-state index contributed by atoms with van der Waals surface area (Å²) < 4.78 is 7.38. The molecule has 98 valence electrons. The summed E-state index contributed by atoms with van der Waals surface area (Å²) in [6.45, 7) is 5.29. The zero-order valence-electron chi connectivity index (χ0n) is 11.5. The third-order valence-electron chi connectivity index (χ3n) is 3.22. The van der Waals surface area contributed by atoms with Gasteiger partial charge in [0.25, 0.3) is 0 Å². The highest BCUT2D eigenvalue weighted by Gasteiger charge is 2.11. The summed E-state index contributed by atoms with van der Waals surface area (Å²) in [5.41, 5.74) is 2.14. The van der Waals surface area contributed by atoms with Crippen molar-refractivity contribution in [1.29, 1.82) is 0 Å². The molecule has 0 aliphatic carbocycles. The van der Waals surface area contributed by atoms with Crippen molar-refractivity contribution in [3.05, 3.63) is 24.0 Å². The van der Waals surface area contributed by atoms with E-state index in [0.717, 1.165) is 35.6 Å². The number of hydrogen-bond acceptors (Lipinski definition) is 3. The van der Waals surface area contributed by atoms with E-state index < -0.39 is 0 Å². The van der Waals surface area contributed by atoms with Gasteiger partial charge in [0.2, 0.25) is 0 Å². The Bertz CT molecular complexity index is 533. The number of aryl methyl sites for hydroxylation is 1. The van der Waals surface area contributed by atoms with Gasteiger partial charge < -0.3 is 14.6 Å². The van der Waals surface area contributed by atoms with Gasteiger partial charge in [-0.25, -0.2) is 4.98 Å². The first-order chi connectivity index (χ1) is 8.65. The van der Waals surface area contributed by atoms with Crippen LogP contribution in [0.1, 0.15) is 19.7 Å². The van der Waals surface area contributed by atoms with Crippen molar-refractivity contribution in [1.82, 2.24) is 14.9 Å². The van der Waals surface area contributed by atoms with Crippen molar-refractivity contribution in [2.24, 2.45) is 7.05 Å². The quantitative estimate of drug-likeness (QED) is 0.879. The molecular weight excluding hydrogens is 226 g/mol. The summed E-state index contributed by atoms with van der Waals surface area (Å²) in [5.74, 6) is 1.96. The molecule has 0 saturated heterocycles. The minimum absolute atomic E-state index is 0.437. The molecule has 1 unspecified atom stereocenters. The zero-order chi connectivity index (χ0) is 13.1. The number of nitrogens with one attached hydrogen (secondary N) is 1. The van der Waals surface area contributed by atoms with Gasteiger partial charge >= 0.3 is 0 Å². The van der Waals surface area contributed by atoms with Gasteiger partial charge in [-0.05, 0) is 25.6 Å². The standard InChI is InChI=1S/C14H21N3O/c1-5-15-10(2)8-14-16-12-9-11(18-4)6-7-13(12)17(14)3/h6-7,9-10,15H,5,8H2,1-4H3. The first-order valence-electron chi connectivity index (χ1n) is 6.38. The van der Waals surface area contributed by atoms with Gasteiger partial charge in [0.15, 0.2) is 0 Å². The number of aromatic nitrogens is 2. The van der Waals surface area contributed by atoms with Crippen LogP contribution in [0.3, 0.4) is 0 Å². The van der Waals surface area contributed by atoms with Gasteiger partial charge in [0, 0.05) is 25.6 Å². The summed E-state index contributed by atoms with van der Waals surface area (Å²) in [7, 11) is 3.74. The van der Waals surface area contributed by atoms with Crippen LogP contribution in [0.15, 0.2) is 18.2 Å². The fourth-order valence-corrected chi connectivity index (χ4v) is 2.23. The zero-order valence-corrected chi connectivity index (χ0v) is 11.5. The smallest absolute Gasteiger partial charge is 0.121 e. The Labute approximate surface area is 108 Å². The Balaban J connectivity index is 2.31. The highest BCUT2D eigenvalue weighted by Crippen LogP contribution is 2.21. The van der Waals surface area contributed by atoms with Crippen molar-refractivity contribution in [2.75, 3.05) is 13.7 Å². The molecule has 0 aliphatic heterocycles. The van der Waals surface area contributed by atoms with E-state index >= 15 is 0 Å². The molecular formula is C14H21N3O. The van der Waals surface area contributed by atoms with Gasteiger partial charge in [0.1, 0.15) is 11.6 Å². The lowest BCUT2D eigenvalue weighted by Gasteiger charge is -2.11. The van der Waals surface area contributed by atoms with Crippen molar-refractivity contribution >= 4 is 11.0 Å². The van der Waals surface area contributed by atoms with E-state index in [9.17, 15) is 0 Å². The molecule has 1 aromatic carbocycles. The Kier molecular flexibility index (Phi) is 3.87. The highest BCUT2D eigenvalue weighted by molar-refractivity contribution is 5.77. The number of fused-ring (bicyclic) bond motifs is 1. The third-order valence-corrected chi connectivity index (χ3v) is 3.22. The van der Waals surface area contributed by atoms with Crippen LogP contribution in [0.25, 0.3) is 11.0 Å². The van der Waals surface area contributed by atoms with E-state index in [2.05, 4.69) is 41.8 Å². The number of benzene rings is 1. The normalized spacial score (nSPS) is 12.9. The van der Waals surface area contributed by atoms with E-state index in [4.69, 9.17) is 4.74 Å². The number of nitrogens with zero attached hydrogens (tertiary/aromatic N) is 2. The molecule has 1 atom stereocenters. The van der Waals surface area contributed by atoms with E-state index in [0.29, 0.717) is 6.04 Å². The minimum atomic E-state index is 0.437. The topological polar surface area (TPSA) is 39.1 Å². The molecule has 4 heteroatoms. The third kappa shape index (κ3) is 2.48. The summed E-state index contributed by atoms with van der Waals surface area (Å²) >= 11 is 0. The second-order valence-corrected chi connectivity index (χ2v) is 4.60. The maximum atomic E-state index is 5.23. The molecule has 0 radical (unpaired) electrons. The van der Waals surface area contributed by atoms with Crippen molar-refractivity contribution in [3.8, 4) is 5.75 Å².